The van der Waals surface area contributed by atoms with Crippen LogP contribution in [0.25, 0.3) is 0 Å². The highest BCUT2D eigenvalue weighted by Gasteiger charge is 2.50. The van der Waals surface area contributed by atoms with Gasteiger partial charge in [-0.2, -0.15) is 4.31 Å². The van der Waals surface area contributed by atoms with Crippen molar-refractivity contribution in [3.05, 3.63) is 29.8 Å². The lowest BCUT2D eigenvalue weighted by atomic mass is 9.86. The first-order valence-electron chi connectivity index (χ1n) is 7.34. The van der Waals surface area contributed by atoms with E-state index in [1.165, 1.54) is 24.3 Å². The lowest BCUT2D eigenvalue weighted by Gasteiger charge is -2.42. The highest BCUT2D eigenvalue weighted by Crippen LogP contribution is 2.36. The van der Waals surface area contributed by atoms with Gasteiger partial charge in [0.2, 0.25) is 10.0 Å². The molecule has 1 aliphatic rings. The van der Waals surface area contributed by atoms with Gasteiger partial charge in [0, 0.05) is 6.54 Å². The van der Waals surface area contributed by atoms with E-state index in [1.807, 2.05) is 0 Å². The first-order valence-corrected chi connectivity index (χ1v) is 8.78. The summed E-state index contributed by atoms with van der Waals surface area (Å²) in [5.74, 6) is -1.09. The van der Waals surface area contributed by atoms with Crippen LogP contribution in [-0.2, 0) is 21.4 Å². The second-order valence-corrected chi connectivity index (χ2v) is 7.39. The van der Waals surface area contributed by atoms with Crippen molar-refractivity contribution in [1.82, 2.24) is 4.31 Å². The second-order valence-electron chi connectivity index (χ2n) is 5.53. The second kappa shape index (κ2) is 6.36. The number of carboxylic acid groups (broad SMARTS) is 1. The topological polar surface area (TPSA) is 94.9 Å². The molecule has 122 valence electrons. The summed E-state index contributed by atoms with van der Waals surface area (Å²) < 4.78 is 26.9. The first-order chi connectivity index (χ1) is 10.4. The van der Waals surface area contributed by atoms with Gasteiger partial charge in [0.15, 0.2) is 0 Å². The van der Waals surface area contributed by atoms with E-state index in [0.717, 1.165) is 4.31 Å². The van der Waals surface area contributed by atoms with E-state index in [1.54, 1.807) is 6.92 Å². The zero-order valence-electron chi connectivity index (χ0n) is 12.5. The molecule has 1 unspecified atom stereocenters. The summed E-state index contributed by atoms with van der Waals surface area (Å²) >= 11 is 0. The number of aliphatic hydroxyl groups excluding tert-OH is 1. The highest BCUT2D eigenvalue weighted by molar-refractivity contribution is 7.89. The van der Waals surface area contributed by atoms with E-state index in [-0.39, 0.29) is 24.5 Å². The van der Waals surface area contributed by atoms with E-state index in [2.05, 4.69) is 0 Å². The third kappa shape index (κ3) is 2.76. The van der Waals surface area contributed by atoms with Gasteiger partial charge >= 0.3 is 5.97 Å². The molecule has 0 aromatic heterocycles. The van der Waals surface area contributed by atoms with Crippen LogP contribution in [0.1, 0.15) is 38.2 Å². The van der Waals surface area contributed by atoms with Gasteiger partial charge in [-0.15, -0.1) is 0 Å². The predicted octanol–water partition coefficient (Wildman–Crippen LogP) is 1.59. The minimum absolute atomic E-state index is 0.0608. The standard InChI is InChI=1S/C15H21NO5S/c1-2-15(14(18)19)9-3-4-10-16(15)22(20,21)13-7-5-12(11-17)6-8-13/h5-8,17H,2-4,9-11H2,1H3,(H,18,19). The maximum Gasteiger partial charge on any atom is 0.325 e. The molecule has 1 heterocycles. The number of benzene rings is 1. The monoisotopic (exact) mass is 327 g/mol. The number of piperidine rings is 1. The number of aliphatic hydroxyl groups is 1. The van der Waals surface area contributed by atoms with Crippen LogP contribution in [0.15, 0.2) is 29.2 Å². The average Bonchev–Trinajstić information content (AvgIpc) is 2.54. The molecule has 0 radical (unpaired) electrons. The van der Waals surface area contributed by atoms with Gasteiger partial charge in [-0.3, -0.25) is 4.79 Å². The molecule has 1 aliphatic heterocycles. The molecule has 0 spiro atoms. The van der Waals surface area contributed by atoms with Crippen molar-refractivity contribution in [2.75, 3.05) is 6.54 Å². The van der Waals surface area contributed by atoms with Gasteiger partial charge in [-0.05, 0) is 43.4 Å². The molecule has 1 saturated heterocycles. The minimum atomic E-state index is -3.88. The fourth-order valence-corrected chi connectivity index (χ4v) is 4.84. The Morgan fingerprint density at radius 1 is 1.27 bits per heavy atom. The summed E-state index contributed by atoms with van der Waals surface area (Å²) in [6.07, 6.45) is 1.92. The van der Waals surface area contributed by atoms with E-state index in [9.17, 15) is 18.3 Å². The van der Waals surface area contributed by atoms with E-state index in [4.69, 9.17) is 5.11 Å². The molecule has 2 N–H and O–H groups in total. The molecule has 1 fully saturated rings. The van der Waals surface area contributed by atoms with Crippen LogP contribution in [0.4, 0.5) is 0 Å². The Morgan fingerprint density at radius 3 is 2.41 bits per heavy atom. The van der Waals surface area contributed by atoms with Crippen LogP contribution in [0.3, 0.4) is 0 Å². The Kier molecular flexibility index (Phi) is 4.89. The minimum Gasteiger partial charge on any atom is -0.480 e. The molecule has 1 aromatic carbocycles. The molecule has 0 bridgehead atoms. The lowest BCUT2D eigenvalue weighted by molar-refractivity contribution is -0.150. The van der Waals surface area contributed by atoms with Gasteiger partial charge in [0.05, 0.1) is 11.5 Å². The maximum atomic E-state index is 12.9. The van der Waals surface area contributed by atoms with Crippen molar-refractivity contribution in [2.24, 2.45) is 0 Å². The normalized spacial score (nSPS) is 23.4. The first kappa shape index (κ1) is 16.9. The molecule has 0 saturated carbocycles. The number of carbonyl (C=O) groups is 1. The van der Waals surface area contributed by atoms with Crippen molar-refractivity contribution in [2.45, 2.75) is 49.6 Å². The maximum absolute atomic E-state index is 12.9. The van der Waals surface area contributed by atoms with E-state index >= 15 is 0 Å². The van der Waals surface area contributed by atoms with Crippen LogP contribution in [0.5, 0.6) is 0 Å². The van der Waals surface area contributed by atoms with Gasteiger partial charge in [0.1, 0.15) is 5.54 Å². The molecule has 0 aliphatic carbocycles. The van der Waals surface area contributed by atoms with Gasteiger partial charge in [-0.25, -0.2) is 8.42 Å². The summed E-state index contributed by atoms with van der Waals surface area (Å²) in [7, 11) is -3.88. The predicted molar refractivity (Wildman–Crippen MR) is 80.8 cm³/mol. The van der Waals surface area contributed by atoms with Crippen LogP contribution >= 0.6 is 0 Å². The largest absolute Gasteiger partial charge is 0.480 e. The van der Waals surface area contributed by atoms with Gasteiger partial charge in [-0.1, -0.05) is 19.1 Å². The van der Waals surface area contributed by atoms with Crippen molar-refractivity contribution in [3.63, 3.8) is 0 Å². The Balaban J connectivity index is 2.46. The van der Waals surface area contributed by atoms with Crippen molar-refractivity contribution >= 4 is 16.0 Å². The van der Waals surface area contributed by atoms with E-state index < -0.39 is 21.5 Å². The Bertz CT molecular complexity index is 640. The molecule has 22 heavy (non-hydrogen) atoms. The summed E-state index contributed by atoms with van der Waals surface area (Å²) in [5, 5.41) is 18.6. The summed E-state index contributed by atoms with van der Waals surface area (Å²) in [4.78, 5) is 11.8. The van der Waals surface area contributed by atoms with Crippen LogP contribution in [0, 0.1) is 0 Å². The zero-order valence-corrected chi connectivity index (χ0v) is 13.3. The molecular weight excluding hydrogens is 306 g/mol. The lowest BCUT2D eigenvalue weighted by Crippen LogP contribution is -2.58. The zero-order chi connectivity index (χ0) is 16.4. The number of hydrogen-bond acceptors (Lipinski definition) is 4. The number of carboxylic acids is 1. The third-order valence-corrected chi connectivity index (χ3v) is 6.34. The fraction of sp³-hybridized carbons (Fsp3) is 0.533. The molecule has 0 amide bonds. The Labute approximate surface area is 130 Å². The number of nitrogens with zero attached hydrogens (tertiary/aromatic N) is 1. The Hall–Kier alpha value is -1.44. The molecule has 1 atom stereocenters. The highest BCUT2D eigenvalue weighted by atomic mass is 32.2. The molecule has 7 heteroatoms. The summed E-state index contributed by atoms with van der Waals surface area (Å²) in [6.45, 7) is 1.75. The molecule has 1 aromatic rings. The molecule has 6 nitrogen and oxygen atoms in total. The Morgan fingerprint density at radius 2 is 1.91 bits per heavy atom. The fourth-order valence-electron chi connectivity index (χ4n) is 2.97. The number of aliphatic carboxylic acids is 1. The smallest absolute Gasteiger partial charge is 0.325 e. The number of sulfonamides is 1. The summed E-state index contributed by atoms with van der Waals surface area (Å²) in [6, 6.07) is 5.89. The molecule has 2 rings (SSSR count). The number of hydrogen-bond donors (Lipinski definition) is 2. The van der Waals surface area contributed by atoms with Crippen molar-refractivity contribution < 1.29 is 23.4 Å². The quantitative estimate of drug-likeness (QED) is 0.856. The summed E-state index contributed by atoms with van der Waals surface area (Å²) in [5.41, 5.74) is -0.759. The average molecular weight is 327 g/mol. The third-order valence-electron chi connectivity index (χ3n) is 4.36. The van der Waals surface area contributed by atoms with E-state index in [0.29, 0.717) is 24.8 Å². The number of rotatable bonds is 5. The van der Waals surface area contributed by atoms with Crippen molar-refractivity contribution in [3.8, 4) is 0 Å². The molecular formula is C15H21NO5S. The van der Waals surface area contributed by atoms with Gasteiger partial charge in [0.25, 0.3) is 0 Å². The SMILES string of the molecule is CCC1(C(=O)O)CCCCN1S(=O)(=O)c1ccc(CO)cc1. The van der Waals surface area contributed by atoms with Crippen LogP contribution in [0.2, 0.25) is 0 Å². The van der Waals surface area contributed by atoms with Gasteiger partial charge < -0.3 is 10.2 Å². The van der Waals surface area contributed by atoms with Crippen molar-refractivity contribution in [1.29, 1.82) is 0 Å². The van der Waals surface area contributed by atoms with Crippen LogP contribution in [-0.4, -0.2) is 41.0 Å². The van der Waals surface area contributed by atoms with Crippen LogP contribution < -0.4 is 0 Å².